The molecular weight excluding hydrogens is 408 g/mol. The lowest BCUT2D eigenvalue weighted by molar-refractivity contribution is -0.143. The molecule has 2 atom stereocenters. The molecule has 3 N–H and O–H groups in total. The fraction of sp³-hybridized carbons (Fsp3) is 0.400. The van der Waals surface area contributed by atoms with Crippen LogP contribution in [0.1, 0.15) is 50.7 Å². The van der Waals surface area contributed by atoms with E-state index in [1.165, 1.54) is 0 Å². The van der Waals surface area contributed by atoms with Gasteiger partial charge in [0.05, 0.1) is 0 Å². The Morgan fingerprint density at radius 3 is 2.03 bits per heavy atom. The third-order valence-corrected chi connectivity index (χ3v) is 5.76. The van der Waals surface area contributed by atoms with Crippen LogP contribution in [0.3, 0.4) is 0 Å². The number of fused-ring (bicyclic) bond motifs is 3. The van der Waals surface area contributed by atoms with Gasteiger partial charge in [0, 0.05) is 5.92 Å². The predicted octanol–water partition coefficient (Wildman–Crippen LogP) is 3.92. The number of alkyl carbamates (subject to hydrolysis) is 1. The molecule has 0 bridgehead atoms. The standard InChI is InChI=1S/C25H30N2O5/c1-4-9-21(23(28)27-22(15(2)3)24(29)30)26-25(31)32-14-20-18-12-7-5-10-16(18)17-11-6-8-13-19(17)20/h5-8,10-13,15,20-22H,4,9,14H2,1-3H3,(H,26,31)(H,27,28)(H,29,30)/t21-,22?/m1/s1. The molecule has 1 aliphatic carbocycles. The van der Waals surface area contributed by atoms with Gasteiger partial charge in [0.1, 0.15) is 18.7 Å². The summed E-state index contributed by atoms with van der Waals surface area (Å²) >= 11 is 0. The molecule has 0 saturated carbocycles. The minimum absolute atomic E-state index is 0.0797. The zero-order chi connectivity index (χ0) is 23.3. The van der Waals surface area contributed by atoms with E-state index in [-0.39, 0.29) is 18.4 Å². The molecule has 0 radical (unpaired) electrons. The van der Waals surface area contributed by atoms with Crippen molar-refractivity contribution in [1.29, 1.82) is 0 Å². The Kier molecular flexibility index (Phi) is 7.51. The van der Waals surface area contributed by atoms with Crippen molar-refractivity contribution in [3.63, 3.8) is 0 Å². The molecule has 0 fully saturated rings. The number of carboxylic acids is 1. The second-order valence-corrected chi connectivity index (χ2v) is 8.38. The van der Waals surface area contributed by atoms with E-state index in [1.807, 2.05) is 43.3 Å². The third-order valence-electron chi connectivity index (χ3n) is 5.76. The molecule has 7 nitrogen and oxygen atoms in total. The number of aliphatic carboxylic acids is 1. The second kappa shape index (κ2) is 10.3. The van der Waals surface area contributed by atoms with Crippen molar-refractivity contribution in [2.75, 3.05) is 6.61 Å². The average Bonchev–Trinajstić information content (AvgIpc) is 3.09. The minimum atomic E-state index is -1.11. The summed E-state index contributed by atoms with van der Waals surface area (Å²) < 4.78 is 5.52. The Morgan fingerprint density at radius 2 is 1.53 bits per heavy atom. The highest BCUT2D eigenvalue weighted by Gasteiger charge is 2.31. The number of carbonyl (C=O) groups is 3. The maximum absolute atomic E-state index is 12.6. The lowest BCUT2D eigenvalue weighted by Crippen LogP contribution is -2.53. The molecule has 1 aliphatic rings. The van der Waals surface area contributed by atoms with Gasteiger partial charge in [-0.3, -0.25) is 4.79 Å². The fourth-order valence-electron chi connectivity index (χ4n) is 4.11. The third kappa shape index (κ3) is 5.10. The van der Waals surface area contributed by atoms with Crippen LogP contribution < -0.4 is 10.6 Å². The molecule has 0 spiro atoms. The van der Waals surface area contributed by atoms with Crippen molar-refractivity contribution in [3.05, 3.63) is 59.7 Å². The van der Waals surface area contributed by atoms with Crippen molar-refractivity contribution in [2.24, 2.45) is 5.92 Å². The van der Waals surface area contributed by atoms with E-state index in [1.54, 1.807) is 13.8 Å². The number of hydrogen-bond donors (Lipinski definition) is 3. The molecule has 32 heavy (non-hydrogen) atoms. The number of amides is 2. The summed E-state index contributed by atoms with van der Waals surface area (Å²) in [5.41, 5.74) is 4.47. The first kappa shape index (κ1) is 23.3. The number of benzene rings is 2. The van der Waals surface area contributed by atoms with E-state index >= 15 is 0 Å². The molecule has 7 heteroatoms. The fourth-order valence-corrected chi connectivity index (χ4v) is 4.11. The highest BCUT2D eigenvalue weighted by atomic mass is 16.5. The highest BCUT2D eigenvalue weighted by molar-refractivity contribution is 5.89. The Balaban J connectivity index is 1.65. The van der Waals surface area contributed by atoms with Crippen molar-refractivity contribution in [1.82, 2.24) is 10.6 Å². The molecule has 2 amide bonds. The van der Waals surface area contributed by atoms with Crippen LogP contribution in [0.2, 0.25) is 0 Å². The monoisotopic (exact) mass is 438 g/mol. The summed E-state index contributed by atoms with van der Waals surface area (Å²) in [6.45, 7) is 5.46. The van der Waals surface area contributed by atoms with Crippen LogP contribution in [0, 0.1) is 5.92 Å². The minimum Gasteiger partial charge on any atom is -0.480 e. The summed E-state index contributed by atoms with van der Waals surface area (Å²) in [4.78, 5) is 36.6. The second-order valence-electron chi connectivity index (χ2n) is 8.38. The van der Waals surface area contributed by atoms with Crippen LogP contribution in [-0.4, -0.2) is 41.8 Å². The number of ether oxygens (including phenoxy) is 1. The number of carbonyl (C=O) groups excluding carboxylic acids is 2. The summed E-state index contributed by atoms with van der Waals surface area (Å²) in [5.74, 6) is -2.00. The molecule has 0 heterocycles. The van der Waals surface area contributed by atoms with Crippen molar-refractivity contribution < 1.29 is 24.2 Å². The molecule has 170 valence electrons. The Morgan fingerprint density at radius 1 is 0.969 bits per heavy atom. The largest absolute Gasteiger partial charge is 0.480 e. The summed E-state index contributed by atoms with van der Waals surface area (Å²) in [5, 5.41) is 14.5. The Labute approximate surface area is 188 Å². The van der Waals surface area contributed by atoms with Gasteiger partial charge in [-0.1, -0.05) is 75.7 Å². The normalized spacial score (nSPS) is 14.2. The van der Waals surface area contributed by atoms with Crippen LogP contribution >= 0.6 is 0 Å². The first-order chi connectivity index (χ1) is 15.3. The predicted molar refractivity (Wildman–Crippen MR) is 121 cm³/mol. The van der Waals surface area contributed by atoms with E-state index in [0.29, 0.717) is 12.8 Å². The van der Waals surface area contributed by atoms with Gasteiger partial charge in [-0.15, -0.1) is 0 Å². The summed E-state index contributed by atoms with van der Waals surface area (Å²) in [6.07, 6.45) is 0.318. The first-order valence-corrected chi connectivity index (χ1v) is 11.0. The van der Waals surface area contributed by atoms with Crippen LogP contribution in [0.4, 0.5) is 4.79 Å². The quantitative estimate of drug-likeness (QED) is 0.550. The average molecular weight is 439 g/mol. The molecule has 0 aliphatic heterocycles. The SMILES string of the molecule is CCC[C@@H](NC(=O)OCC1c2ccccc2-c2ccccc21)C(=O)NC(C(=O)O)C(C)C. The first-order valence-electron chi connectivity index (χ1n) is 11.0. The zero-order valence-corrected chi connectivity index (χ0v) is 18.6. The number of nitrogens with one attached hydrogen (secondary N) is 2. The van der Waals surface area contributed by atoms with Crippen molar-refractivity contribution in [3.8, 4) is 11.1 Å². The molecule has 2 aromatic rings. The topological polar surface area (TPSA) is 105 Å². The summed E-state index contributed by atoms with van der Waals surface area (Å²) in [7, 11) is 0. The van der Waals surface area contributed by atoms with Gasteiger partial charge in [0.25, 0.3) is 0 Å². The van der Waals surface area contributed by atoms with Crippen LogP contribution in [0.5, 0.6) is 0 Å². The van der Waals surface area contributed by atoms with Gasteiger partial charge in [-0.2, -0.15) is 0 Å². The Hall–Kier alpha value is -3.35. The highest BCUT2D eigenvalue weighted by Crippen LogP contribution is 2.44. The van der Waals surface area contributed by atoms with Crippen molar-refractivity contribution >= 4 is 18.0 Å². The van der Waals surface area contributed by atoms with E-state index in [0.717, 1.165) is 22.3 Å². The van der Waals surface area contributed by atoms with Crippen LogP contribution in [-0.2, 0) is 14.3 Å². The number of hydrogen-bond acceptors (Lipinski definition) is 4. The molecule has 1 unspecified atom stereocenters. The van der Waals surface area contributed by atoms with Crippen LogP contribution in [0.25, 0.3) is 11.1 Å². The lowest BCUT2D eigenvalue weighted by Gasteiger charge is -2.23. The Bertz CT molecular complexity index is 942. The van der Waals surface area contributed by atoms with Crippen LogP contribution in [0.15, 0.2) is 48.5 Å². The van der Waals surface area contributed by atoms with Gasteiger partial charge >= 0.3 is 12.1 Å². The van der Waals surface area contributed by atoms with E-state index < -0.39 is 30.1 Å². The van der Waals surface area contributed by atoms with Gasteiger partial charge < -0.3 is 20.5 Å². The molecule has 2 aromatic carbocycles. The smallest absolute Gasteiger partial charge is 0.407 e. The van der Waals surface area contributed by atoms with E-state index in [9.17, 15) is 19.5 Å². The van der Waals surface area contributed by atoms with E-state index in [2.05, 4.69) is 22.8 Å². The van der Waals surface area contributed by atoms with Gasteiger partial charge in [0.2, 0.25) is 5.91 Å². The molecular formula is C25H30N2O5. The van der Waals surface area contributed by atoms with E-state index in [4.69, 9.17) is 4.74 Å². The molecule has 0 saturated heterocycles. The maximum Gasteiger partial charge on any atom is 0.407 e. The maximum atomic E-state index is 12.6. The van der Waals surface area contributed by atoms with Crippen molar-refractivity contribution in [2.45, 2.75) is 51.6 Å². The van der Waals surface area contributed by atoms with Gasteiger partial charge in [-0.05, 0) is 34.6 Å². The number of rotatable bonds is 9. The lowest BCUT2D eigenvalue weighted by atomic mass is 9.98. The molecule has 0 aromatic heterocycles. The summed E-state index contributed by atoms with van der Waals surface area (Å²) in [6, 6.07) is 14.2. The van der Waals surface area contributed by atoms with Gasteiger partial charge in [-0.25, -0.2) is 9.59 Å². The number of carboxylic acid groups (broad SMARTS) is 1. The molecule has 3 rings (SSSR count). The van der Waals surface area contributed by atoms with Gasteiger partial charge in [0.15, 0.2) is 0 Å². The zero-order valence-electron chi connectivity index (χ0n) is 18.6.